The van der Waals surface area contributed by atoms with Gasteiger partial charge in [0.25, 0.3) is 0 Å². The van der Waals surface area contributed by atoms with Crippen molar-refractivity contribution < 1.29 is 197 Å². The summed E-state index contributed by atoms with van der Waals surface area (Å²) >= 11 is 0. The Balaban J connectivity index is 2.04. The Morgan fingerprint density at radius 2 is 0.464 bits per heavy atom. The van der Waals surface area contributed by atoms with E-state index in [1.54, 1.807) is 0 Å². The van der Waals surface area contributed by atoms with Gasteiger partial charge in [-0.1, -0.05) is 12.8 Å². The van der Waals surface area contributed by atoms with Gasteiger partial charge in [0.05, 0.1) is 24.4 Å². The molecule has 8 unspecified atom stereocenters. The van der Waals surface area contributed by atoms with Crippen molar-refractivity contribution in [3.8, 4) is 0 Å². The molecule has 0 N–H and O–H groups in total. The number of hydrogen-bond donors (Lipinski definition) is 0. The van der Waals surface area contributed by atoms with Gasteiger partial charge in [0, 0.05) is 19.3 Å². The van der Waals surface area contributed by atoms with E-state index in [1.807, 2.05) is 0 Å². The van der Waals surface area contributed by atoms with Crippen LogP contribution in [-0.4, -0.2) is 174 Å². The highest BCUT2D eigenvalue weighted by atomic mass is 28.5. The molecule has 4 aliphatic rings. The third-order valence-corrected chi connectivity index (χ3v) is 38.3. The van der Waals surface area contributed by atoms with Gasteiger partial charge >= 0.3 is 133 Å². The second-order valence-electron chi connectivity index (χ2n) is 26.2. The summed E-state index contributed by atoms with van der Waals surface area (Å²) in [5, 5.41) is 0. The van der Waals surface area contributed by atoms with E-state index in [2.05, 4.69) is 0 Å². The van der Waals surface area contributed by atoms with Crippen molar-refractivity contribution in [3.63, 3.8) is 0 Å². The Hall–Kier alpha value is -1.89. The summed E-state index contributed by atoms with van der Waals surface area (Å²) in [5.74, 6) is -125. The molecule has 6 nitrogen and oxygen atoms in total. The first-order valence-electron chi connectivity index (χ1n) is 28.3. The first-order valence-corrected chi connectivity index (χ1v) is 42.1. The van der Waals surface area contributed by atoms with E-state index < -0.39 is 223 Å². The fraction of sp³-hybridized carbons (Fsp3) is 1.00. The van der Waals surface area contributed by atoms with Crippen molar-refractivity contribution in [2.24, 2.45) is 11.8 Å². The minimum absolute atomic E-state index is 0.101. The predicted molar refractivity (Wildman–Crippen MR) is 266 cm³/mol. The number of fused-ring (bicyclic) bond motifs is 2. The zero-order valence-corrected chi connectivity index (χ0v) is 55.5. The highest BCUT2D eigenvalue weighted by Crippen LogP contribution is 2.65. The number of alkyl halides is 39. The summed E-state index contributed by atoms with van der Waals surface area (Å²) in [7, 11) is -28.0. The van der Waals surface area contributed by atoms with Gasteiger partial charge in [0.15, 0.2) is 16.6 Å². The molecule has 2 saturated carbocycles. The molecular weight excluding hydrogens is 1540 g/mol. The van der Waals surface area contributed by atoms with Gasteiger partial charge in [-0.25, -0.2) is 0 Å². The van der Waals surface area contributed by atoms with Gasteiger partial charge < -0.3 is 25.9 Å². The van der Waals surface area contributed by atoms with E-state index >= 15 is 52.7 Å². The molecule has 97 heavy (non-hydrogen) atoms. The predicted octanol–water partition coefficient (Wildman–Crippen LogP) is 21.0. The number of rotatable bonds is 35. The van der Waals surface area contributed by atoms with Gasteiger partial charge in [-0.3, -0.25) is 0 Å². The third kappa shape index (κ3) is 16.5. The normalized spacial score (nSPS) is 24.7. The van der Waals surface area contributed by atoms with Crippen LogP contribution >= 0.6 is 0 Å². The molecule has 2 aliphatic carbocycles. The average molecular weight is 1600 g/mol. The summed E-state index contributed by atoms with van der Waals surface area (Å²) in [4.78, 5) is 0. The molecule has 0 amide bonds. The molecule has 0 radical (unpaired) electrons. The van der Waals surface area contributed by atoms with Crippen LogP contribution in [0.4, 0.5) is 171 Å². The number of hydrogen-bond acceptors (Lipinski definition) is 6. The highest BCUT2D eigenvalue weighted by molar-refractivity contribution is 6.91. The van der Waals surface area contributed by atoms with Crippen molar-refractivity contribution in [1.29, 1.82) is 0 Å². The first-order chi connectivity index (χ1) is 42.3. The van der Waals surface area contributed by atoms with Crippen LogP contribution in [0.5, 0.6) is 0 Å². The van der Waals surface area contributed by atoms with E-state index in [9.17, 15) is 119 Å². The molecule has 576 valence electrons. The molecule has 0 aromatic heterocycles. The molecule has 2 saturated heterocycles. The number of halogens is 39. The van der Waals surface area contributed by atoms with E-state index in [1.165, 1.54) is 0 Å². The molecule has 0 aromatic carbocycles. The monoisotopic (exact) mass is 1600 g/mol. The maximum absolute atomic E-state index is 16.0. The highest BCUT2D eigenvalue weighted by Gasteiger charge is 2.94. The topological polar surface area (TPSA) is 62.0 Å². The summed E-state index contributed by atoms with van der Waals surface area (Å²) in [6, 6.07) is -8.92. The fourth-order valence-electron chi connectivity index (χ4n) is 11.2. The van der Waals surface area contributed by atoms with E-state index in [0.29, 0.717) is 12.8 Å². The molecule has 4 rings (SSSR count). The van der Waals surface area contributed by atoms with Crippen LogP contribution in [0, 0.1) is 11.8 Å². The SMILES string of the molecule is C[Si](C)(CCC1CCC2OC2C1)O[Si](C)(CCC(F)(F)C(F)(F)C(F)(F)C(F)(F)C(F)(F)C(F)(F)F)O[Si](C)(CCC(F)(F)C(F)(F)C(F)(F)C(F)(F)C(F)(F)C(F)(F)F)O[Si](C)(CCC(F)(F)C(F)(F)C(F)(F)C(F)(F)C(F)(F)C(F)(F)F)O[Si](C)(C)CCC1CCC2OC2C1. The van der Waals surface area contributed by atoms with E-state index in [4.69, 9.17) is 25.9 Å². The van der Waals surface area contributed by atoms with Gasteiger partial charge in [0.2, 0.25) is 0 Å². The Bertz CT molecular complexity index is 2570. The molecule has 2 heterocycles. The summed E-state index contributed by atoms with van der Waals surface area (Å²) in [6.45, 7) is 3.74. The van der Waals surface area contributed by atoms with Gasteiger partial charge in [-0.2, -0.15) is 171 Å². The lowest BCUT2D eigenvalue weighted by Gasteiger charge is -2.47. The molecule has 4 fully saturated rings. The Morgan fingerprint density at radius 1 is 0.258 bits per heavy atom. The van der Waals surface area contributed by atoms with Crippen LogP contribution in [0.1, 0.15) is 70.6 Å². The summed E-state index contributed by atoms with van der Waals surface area (Å²) in [5.41, 5.74) is 0. The molecule has 0 aromatic rings. The third-order valence-electron chi connectivity index (χ3n) is 17.1. The van der Waals surface area contributed by atoms with E-state index in [0.717, 1.165) is 26.2 Å². The molecule has 0 bridgehead atoms. The van der Waals surface area contributed by atoms with Crippen LogP contribution < -0.4 is 0 Å². The van der Waals surface area contributed by atoms with Crippen molar-refractivity contribution in [3.05, 3.63) is 0 Å². The molecular formula is C47H59F39O6Si5. The van der Waals surface area contributed by atoms with Crippen LogP contribution in [-0.2, 0) is 25.9 Å². The second-order valence-corrected chi connectivity index (χ2v) is 45.8. The van der Waals surface area contributed by atoms with Crippen LogP contribution in [0.2, 0.25) is 76.0 Å². The summed E-state index contributed by atoms with van der Waals surface area (Å²) < 4.78 is 598. The van der Waals surface area contributed by atoms with Crippen molar-refractivity contribution >= 4 is 42.3 Å². The van der Waals surface area contributed by atoms with Gasteiger partial charge in [-0.05, 0) is 126 Å². The maximum Gasteiger partial charge on any atom is 0.460 e. The Labute approximate surface area is 529 Å². The smallest absolute Gasteiger partial charge is 0.436 e. The largest absolute Gasteiger partial charge is 0.460 e. The first kappa shape index (κ1) is 87.5. The van der Waals surface area contributed by atoms with Crippen molar-refractivity contribution in [2.75, 3.05) is 0 Å². The lowest BCUT2D eigenvalue weighted by atomic mass is 9.88. The quantitative estimate of drug-likeness (QED) is 0.0358. The average Bonchev–Trinajstić information content (AvgIpc) is 1.32. The van der Waals surface area contributed by atoms with Gasteiger partial charge in [0.1, 0.15) is 0 Å². The lowest BCUT2D eigenvalue weighted by Crippen LogP contribution is -2.70. The van der Waals surface area contributed by atoms with Crippen LogP contribution in [0.25, 0.3) is 0 Å². The van der Waals surface area contributed by atoms with Crippen LogP contribution in [0.3, 0.4) is 0 Å². The molecule has 0 spiro atoms. The standard InChI is InChI=1S/C47H59F39O6Si5/c1-93(2,17-12-24-8-10-26-28(22-24)87-26)89-95(5,19-14-30(48,49)33(54,55)36(60,61)39(66,67)42(72,73)45(78,79)80)91-97(7,21-16-32(52,53)35(58,59)38(64,65)41(70,71)44(76,77)47(84,85)86)92-96(6,90-94(3,4)18-13-25-9-11-27-29(23-25)88-27)20-15-31(50,51)34(56,57)37(62,63)40(68,69)43(74,75)46(81,82)83/h24-29H,8-23H2,1-7H3. The number of epoxide rings is 2. The number of ether oxygens (including phenoxy) is 2. The Kier molecular flexibility index (Phi) is 23.7. The zero-order chi connectivity index (χ0) is 76.5. The van der Waals surface area contributed by atoms with Crippen molar-refractivity contribution in [2.45, 2.75) is 278 Å². The summed E-state index contributed by atoms with van der Waals surface area (Å²) in [6.07, 6.45) is -34.8. The van der Waals surface area contributed by atoms with Crippen LogP contribution in [0.15, 0.2) is 0 Å². The Morgan fingerprint density at radius 3 is 0.670 bits per heavy atom. The van der Waals surface area contributed by atoms with Crippen molar-refractivity contribution in [1.82, 2.24) is 0 Å². The fourth-order valence-corrected chi connectivity index (χ4v) is 37.2. The minimum Gasteiger partial charge on any atom is -0.436 e. The second kappa shape index (κ2) is 26.3. The lowest BCUT2D eigenvalue weighted by molar-refractivity contribution is -0.440. The molecule has 50 heteroatoms. The molecule has 8 atom stereocenters. The maximum atomic E-state index is 16.0. The minimum atomic E-state index is -8.71. The zero-order valence-electron chi connectivity index (χ0n) is 50.5. The van der Waals surface area contributed by atoms with Gasteiger partial charge in [-0.15, -0.1) is 0 Å². The molecule has 2 aliphatic heterocycles. The van der Waals surface area contributed by atoms with E-state index in [-0.39, 0.29) is 70.4 Å².